The summed E-state index contributed by atoms with van der Waals surface area (Å²) in [6.45, 7) is 0. The number of hydrogen-bond acceptors (Lipinski definition) is 11. The molecule has 0 aromatic heterocycles. The van der Waals surface area contributed by atoms with Gasteiger partial charge in [0.05, 0.1) is 26.0 Å². The number of non-ortho nitro benzene ring substituents is 1. The maximum atomic E-state index is 13.0. The van der Waals surface area contributed by atoms with Crippen molar-refractivity contribution in [3.63, 3.8) is 0 Å². The molecule has 5 N–H and O–H groups in total. The topological polar surface area (TPSA) is 290 Å². The molecule has 204 valence electrons. The molecule has 0 spiro atoms. The molecular formula is C17H12N2O15S4. The predicted octanol–water partition coefficient (Wildman–Crippen LogP) is 0.987. The van der Waals surface area contributed by atoms with Crippen LogP contribution in [0.3, 0.4) is 0 Å². The largest absolute Gasteiger partial charge is 0.321 e. The van der Waals surface area contributed by atoms with Crippen LogP contribution >= 0.6 is 0 Å². The van der Waals surface area contributed by atoms with Gasteiger partial charge in [0.15, 0.2) is 0 Å². The highest BCUT2D eigenvalue weighted by Crippen LogP contribution is 2.36. The highest BCUT2D eigenvalue weighted by atomic mass is 32.2. The smallest absolute Gasteiger partial charge is 0.295 e. The Hall–Kier alpha value is -3.57. The van der Waals surface area contributed by atoms with Gasteiger partial charge in [0, 0.05) is 17.5 Å². The van der Waals surface area contributed by atoms with Crippen molar-refractivity contribution in [2.24, 2.45) is 0 Å². The number of fused-ring (bicyclic) bond motifs is 1. The van der Waals surface area contributed by atoms with E-state index in [-0.39, 0.29) is 6.07 Å². The number of rotatable bonds is 7. The number of amides is 1. The summed E-state index contributed by atoms with van der Waals surface area (Å²) in [5, 5.41) is 11.5. The Morgan fingerprint density at radius 2 is 1.21 bits per heavy atom. The predicted molar refractivity (Wildman–Crippen MR) is 124 cm³/mol. The van der Waals surface area contributed by atoms with Crippen LogP contribution in [0.15, 0.2) is 62.0 Å². The minimum absolute atomic E-state index is 0.243. The highest BCUT2D eigenvalue weighted by molar-refractivity contribution is 7.87. The van der Waals surface area contributed by atoms with Crippen molar-refractivity contribution >= 4 is 68.5 Å². The molecule has 3 rings (SSSR count). The van der Waals surface area contributed by atoms with Gasteiger partial charge in [-0.15, -0.1) is 0 Å². The monoisotopic (exact) mass is 612 g/mol. The summed E-state index contributed by atoms with van der Waals surface area (Å²) in [6.07, 6.45) is 0. The maximum Gasteiger partial charge on any atom is 0.295 e. The van der Waals surface area contributed by atoms with Crippen molar-refractivity contribution in [2.75, 3.05) is 5.32 Å². The van der Waals surface area contributed by atoms with Gasteiger partial charge in [-0.25, -0.2) is 0 Å². The number of benzene rings is 3. The average Bonchev–Trinajstić information content (AvgIpc) is 2.75. The van der Waals surface area contributed by atoms with Crippen molar-refractivity contribution < 1.29 is 61.6 Å². The van der Waals surface area contributed by atoms with E-state index in [4.69, 9.17) is 0 Å². The molecule has 0 saturated carbocycles. The summed E-state index contributed by atoms with van der Waals surface area (Å²) in [5.41, 5.74) is -2.81. The first-order valence-corrected chi connectivity index (χ1v) is 15.0. The van der Waals surface area contributed by atoms with Gasteiger partial charge in [-0.1, -0.05) is 0 Å². The van der Waals surface area contributed by atoms with E-state index in [1.807, 2.05) is 5.32 Å². The van der Waals surface area contributed by atoms with E-state index in [0.29, 0.717) is 36.4 Å². The molecule has 0 aliphatic heterocycles. The lowest BCUT2D eigenvalue weighted by atomic mass is 10.1. The minimum atomic E-state index is -5.40. The van der Waals surface area contributed by atoms with Gasteiger partial charge >= 0.3 is 0 Å². The molecule has 0 radical (unpaired) electrons. The van der Waals surface area contributed by atoms with E-state index >= 15 is 0 Å². The fourth-order valence-electron chi connectivity index (χ4n) is 3.25. The molecule has 0 atom stereocenters. The second-order valence-electron chi connectivity index (χ2n) is 7.28. The average molecular weight is 613 g/mol. The second kappa shape index (κ2) is 9.32. The van der Waals surface area contributed by atoms with Gasteiger partial charge in [-0.3, -0.25) is 33.1 Å². The Bertz CT molecular complexity index is 1980. The second-order valence-corrected chi connectivity index (χ2v) is 12.9. The van der Waals surface area contributed by atoms with Crippen LogP contribution in [-0.2, 0) is 40.5 Å². The lowest BCUT2D eigenvalue weighted by molar-refractivity contribution is -0.384. The van der Waals surface area contributed by atoms with Crippen molar-refractivity contribution in [2.45, 2.75) is 19.6 Å². The molecule has 0 heterocycles. The quantitative estimate of drug-likeness (QED) is 0.141. The van der Waals surface area contributed by atoms with Gasteiger partial charge in [0.25, 0.3) is 52.1 Å². The first kappa shape index (κ1) is 29.0. The molecule has 0 unspecified atom stereocenters. The van der Waals surface area contributed by atoms with Gasteiger partial charge < -0.3 is 5.32 Å². The van der Waals surface area contributed by atoms with Crippen LogP contribution in [0, 0.1) is 10.1 Å². The van der Waals surface area contributed by atoms with Gasteiger partial charge in [0.1, 0.15) is 9.79 Å². The Kier molecular flexibility index (Phi) is 7.11. The molecular weight excluding hydrogens is 600 g/mol. The van der Waals surface area contributed by atoms with Crippen LogP contribution in [-0.4, -0.2) is 62.7 Å². The summed E-state index contributed by atoms with van der Waals surface area (Å²) in [7, 11) is -20.9. The standard InChI is InChI=1S/C17H12N2O15S4/c20-17(12-5-9(19(21)22)1-2-14(12)37(29,30)31)18-13-6-10(35(23,24)25)3-8-4-11(36(26,27)28)7-15(16(8)13)38(32,33)34/h1-7H,(H,18,20)(H,23,24,25)(H,26,27,28)(H,29,30,31)(H,32,33,34). The number of nitrogens with one attached hydrogen (secondary N) is 1. The van der Waals surface area contributed by atoms with Crippen LogP contribution in [0.25, 0.3) is 10.8 Å². The van der Waals surface area contributed by atoms with E-state index < -0.39 is 98.6 Å². The highest BCUT2D eigenvalue weighted by Gasteiger charge is 2.28. The number of nitrogens with zero attached hydrogens (tertiary/aromatic N) is 1. The van der Waals surface area contributed by atoms with E-state index in [1.165, 1.54) is 0 Å². The zero-order valence-corrected chi connectivity index (χ0v) is 21.2. The molecule has 3 aromatic rings. The van der Waals surface area contributed by atoms with Crippen LogP contribution in [0.4, 0.5) is 11.4 Å². The third-order valence-electron chi connectivity index (χ3n) is 4.78. The third kappa shape index (κ3) is 5.94. The fourth-order valence-corrected chi connectivity index (χ4v) is 5.84. The number of carbonyl (C=O) groups is 1. The Morgan fingerprint density at radius 3 is 1.66 bits per heavy atom. The number of nitro benzene ring substituents is 1. The van der Waals surface area contributed by atoms with Gasteiger partial charge in [0.2, 0.25) is 0 Å². The summed E-state index contributed by atoms with van der Waals surface area (Å²) in [6, 6.07) is 3.24. The summed E-state index contributed by atoms with van der Waals surface area (Å²) in [4.78, 5) is 18.4. The Balaban J connectivity index is 2.44. The number of hydrogen-bond donors (Lipinski definition) is 5. The van der Waals surface area contributed by atoms with Crippen LogP contribution in [0.5, 0.6) is 0 Å². The van der Waals surface area contributed by atoms with Gasteiger partial charge in [-0.05, 0) is 35.7 Å². The van der Waals surface area contributed by atoms with Crippen molar-refractivity contribution in [1.82, 2.24) is 0 Å². The van der Waals surface area contributed by atoms with E-state index in [0.717, 1.165) is 0 Å². The van der Waals surface area contributed by atoms with Crippen LogP contribution in [0.2, 0.25) is 0 Å². The number of nitro groups is 1. The molecule has 0 aliphatic rings. The van der Waals surface area contributed by atoms with Crippen molar-refractivity contribution in [1.29, 1.82) is 0 Å². The molecule has 0 fully saturated rings. The molecule has 0 bridgehead atoms. The van der Waals surface area contributed by atoms with E-state index in [2.05, 4.69) is 0 Å². The van der Waals surface area contributed by atoms with E-state index in [9.17, 15) is 66.8 Å². The van der Waals surface area contributed by atoms with Crippen molar-refractivity contribution in [3.05, 3.63) is 58.1 Å². The zero-order valence-electron chi connectivity index (χ0n) is 17.9. The molecule has 38 heavy (non-hydrogen) atoms. The third-order valence-corrected chi connectivity index (χ3v) is 8.23. The number of anilines is 1. The molecule has 3 aromatic carbocycles. The first-order chi connectivity index (χ1) is 17.1. The van der Waals surface area contributed by atoms with Gasteiger partial charge in [-0.2, -0.15) is 33.7 Å². The fraction of sp³-hybridized carbons (Fsp3) is 0. The van der Waals surface area contributed by atoms with Crippen LogP contribution < -0.4 is 5.32 Å². The SMILES string of the molecule is O=C(Nc1cc(S(=O)(=O)O)cc2cc(S(=O)(=O)O)cc(S(=O)(=O)O)c12)c1cc([N+](=O)[O-])ccc1S(=O)(=O)O. The summed E-state index contributed by atoms with van der Waals surface area (Å²) < 4.78 is 132. The maximum absolute atomic E-state index is 13.0. The summed E-state index contributed by atoms with van der Waals surface area (Å²) >= 11 is 0. The van der Waals surface area contributed by atoms with E-state index in [1.54, 1.807) is 0 Å². The molecule has 17 nitrogen and oxygen atoms in total. The molecule has 1 amide bonds. The normalized spacial score (nSPS) is 12.8. The summed E-state index contributed by atoms with van der Waals surface area (Å²) in [5.74, 6) is -1.60. The minimum Gasteiger partial charge on any atom is -0.321 e. The van der Waals surface area contributed by atoms with Crippen LogP contribution in [0.1, 0.15) is 10.4 Å². The first-order valence-electron chi connectivity index (χ1n) is 9.22. The number of carbonyl (C=O) groups excluding carboxylic acids is 1. The molecule has 0 aliphatic carbocycles. The molecule has 21 heteroatoms. The Morgan fingerprint density at radius 1 is 0.711 bits per heavy atom. The lowest BCUT2D eigenvalue weighted by Gasteiger charge is -2.15. The molecule has 0 saturated heterocycles. The van der Waals surface area contributed by atoms with Crippen molar-refractivity contribution in [3.8, 4) is 0 Å². The lowest BCUT2D eigenvalue weighted by Crippen LogP contribution is -2.18. The zero-order chi connectivity index (χ0) is 29.0. The Labute approximate surface area is 212 Å².